The van der Waals surface area contributed by atoms with Crippen LogP contribution in [0.1, 0.15) is 13.3 Å². The molecule has 7 heavy (non-hydrogen) atoms. The van der Waals surface area contributed by atoms with Crippen LogP contribution in [0.4, 0.5) is 0 Å². The van der Waals surface area contributed by atoms with Crippen LogP contribution >= 0.6 is 23.2 Å². The van der Waals surface area contributed by atoms with E-state index in [1.807, 2.05) is 6.92 Å². The van der Waals surface area contributed by atoms with Gasteiger partial charge in [0.1, 0.15) is 0 Å². The third-order valence-electron chi connectivity index (χ3n) is 0.570. The molecule has 0 aliphatic carbocycles. The van der Waals surface area contributed by atoms with Gasteiger partial charge >= 0.3 is 0 Å². The molecule has 40 valence electrons. The zero-order valence-electron chi connectivity index (χ0n) is 4.04. The van der Waals surface area contributed by atoms with Gasteiger partial charge in [0.2, 0.25) is 0 Å². The van der Waals surface area contributed by atoms with Crippen LogP contribution in [0, 0.1) is 11.3 Å². The van der Waals surface area contributed by atoms with E-state index >= 15 is 0 Å². The van der Waals surface area contributed by atoms with Crippen molar-refractivity contribution in [3.05, 3.63) is 0 Å². The molecule has 0 heterocycles. The second-order valence-corrected chi connectivity index (χ2v) is 1.83. The first-order valence-electron chi connectivity index (χ1n) is 2.06. The van der Waals surface area contributed by atoms with Crippen LogP contribution < -0.4 is 0 Å². The molecule has 2 heteroatoms. The minimum Gasteiger partial charge on any atom is -0.109 e. The highest BCUT2D eigenvalue weighted by molar-refractivity contribution is 6.31. The van der Waals surface area contributed by atoms with Gasteiger partial charge in [-0.15, -0.1) is 11.6 Å². The lowest BCUT2D eigenvalue weighted by molar-refractivity contribution is 0.991. The molecule has 0 N–H and O–H groups in total. The Hall–Kier alpha value is 0.140. The molecule has 1 atom stereocenters. The Bertz CT molecular complexity index is 88.0. The third-order valence-corrected chi connectivity index (χ3v) is 1.10. The maximum atomic E-state index is 5.51. The largest absolute Gasteiger partial charge is 0.109 e. The van der Waals surface area contributed by atoms with E-state index in [2.05, 4.69) is 11.3 Å². The fourth-order valence-electron chi connectivity index (χ4n) is 0.161. The van der Waals surface area contributed by atoms with Crippen LogP contribution in [0.25, 0.3) is 0 Å². The normalized spacial score (nSPS) is 11.9. The van der Waals surface area contributed by atoms with Gasteiger partial charge in [-0.3, -0.25) is 0 Å². The topological polar surface area (TPSA) is 0 Å². The molecule has 0 aliphatic rings. The van der Waals surface area contributed by atoms with Gasteiger partial charge in [-0.2, -0.15) is 0 Å². The van der Waals surface area contributed by atoms with Crippen molar-refractivity contribution in [2.24, 2.45) is 0 Å². The highest BCUT2D eigenvalue weighted by Crippen LogP contribution is 1.97. The molecule has 0 aromatic rings. The van der Waals surface area contributed by atoms with Gasteiger partial charge in [-0.1, -0.05) is 12.8 Å². The maximum Gasteiger partial charge on any atom is 0.0953 e. The fourth-order valence-corrected chi connectivity index (χ4v) is 0.403. The van der Waals surface area contributed by atoms with E-state index in [4.69, 9.17) is 23.2 Å². The predicted molar refractivity (Wildman–Crippen MR) is 33.6 cm³/mol. The summed E-state index contributed by atoms with van der Waals surface area (Å²) in [5.41, 5.74) is 0. The summed E-state index contributed by atoms with van der Waals surface area (Å²) in [5, 5.41) is 2.14. The Balaban J connectivity index is 3.29. The number of rotatable bonds is 1. The minimum absolute atomic E-state index is 0.0718. The van der Waals surface area contributed by atoms with E-state index in [9.17, 15) is 0 Å². The van der Waals surface area contributed by atoms with Crippen LogP contribution in [0.3, 0.4) is 0 Å². The first-order valence-corrected chi connectivity index (χ1v) is 2.88. The Labute approximate surface area is 53.8 Å². The highest BCUT2D eigenvalue weighted by Gasteiger charge is 1.89. The molecule has 0 aromatic heterocycles. The van der Waals surface area contributed by atoms with E-state index in [-0.39, 0.29) is 5.38 Å². The van der Waals surface area contributed by atoms with Crippen LogP contribution in [0.5, 0.6) is 0 Å². The van der Waals surface area contributed by atoms with Crippen molar-refractivity contribution in [2.75, 3.05) is 0 Å². The molecular formula is C5H6Cl2. The summed E-state index contributed by atoms with van der Waals surface area (Å²) in [6.45, 7) is 1.96. The summed E-state index contributed by atoms with van der Waals surface area (Å²) >= 11 is 10.5. The van der Waals surface area contributed by atoms with Gasteiger partial charge in [0.25, 0.3) is 0 Å². The Morgan fingerprint density at radius 3 is 2.43 bits per heavy atom. The quantitative estimate of drug-likeness (QED) is 0.384. The minimum atomic E-state index is -0.0718. The van der Waals surface area contributed by atoms with Crippen molar-refractivity contribution in [2.45, 2.75) is 18.7 Å². The molecular weight excluding hydrogens is 131 g/mol. The molecule has 0 fully saturated rings. The Morgan fingerprint density at radius 2 is 2.29 bits per heavy atom. The molecule has 0 radical (unpaired) electrons. The third kappa shape index (κ3) is 3.98. The van der Waals surface area contributed by atoms with Gasteiger partial charge in [0, 0.05) is 5.38 Å². The second-order valence-electron chi connectivity index (χ2n) is 1.11. The summed E-state index contributed by atoms with van der Waals surface area (Å²) in [6, 6.07) is 0. The molecule has 0 spiro atoms. The van der Waals surface area contributed by atoms with Crippen molar-refractivity contribution >= 4 is 23.2 Å². The summed E-state index contributed by atoms with van der Waals surface area (Å²) in [6.07, 6.45) is 0.848. The van der Waals surface area contributed by atoms with Crippen molar-refractivity contribution in [1.82, 2.24) is 0 Å². The highest BCUT2D eigenvalue weighted by atomic mass is 35.5. The molecule has 0 amide bonds. The van der Waals surface area contributed by atoms with Gasteiger partial charge in [0.05, 0.1) is 5.38 Å². The zero-order valence-corrected chi connectivity index (χ0v) is 5.55. The van der Waals surface area contributed by atoms with Gasteiger partial charge in [0.15, 0.2) is 0 Å². The average molecular weight is 137 g/mol. The number of hydrogen-bond acceptors (Lipinski definition) is 0. The van der Waals surface area contributed by atoms with Crippen LogP contribution in [0.15, 0.2) is 0 Å². The van der Waals surface area contributed by atoms with Crippen molar-refractivity contribution in [3.63, 3.8) is 0 Å². The fraction of sp³-hybridized carbons (Fsp3) is 0.600. The summed E-state index contributed by atoms with van der Waals surface area (Å²) in [7, 11) is 0. The molecule has 0 saturated carbocycles. The van der Waals surface area contributed by atoms with Gasteiger partial charge < -0.3 is 0 Å². The van der Waals surface area contributed by atoms with Gasteiger partial charge in [-0.05, 0) is 18.0 Å². The van der Waals surface area contributed by atoms with Gasteiger partial charge in [-0.25, -0.2) is 0 Å². The summed E-state index contributed by atoms with van der Waals surface area (Å²) < 4.78 is 0. The van der Waals surface area contributed by atoms with Crippen LogP contribution in [-0.4, -0.2) is 5.38 Å². The molecule has 1 unspecified atom stereocenters. The first kappa shape index (κ1) is 7.14. The summed E-state index contributed by atoms with van der Waals surface area (Å²) in [4.78, 5) is 0. The maximum absolute atomic E-state index is 5.51. The van der Waals surface area contributed by atoms with E-state index in [1.54, 1.807) is 0 Å². The second kappa shape index (κ2) is 4.30. The molecule has 0 aliphatic heterocycles. The SMILES string of the molecule is CCC(Cl)C#CCl. The Kier molecular flexibility index (Phi) is 4.39. The zero-order chi connectivity index (χ0) is 5.70. The average Bonchev–Trinajstić information content (AvgIpc) is 1.68. The lowest BCUT2D eigenvalue weighted by Crippen LogP contribution is -1.87. The van der Waals surface area contributed by atoms with E-state index < -0.39 is 0 Å². The van der Waals surface area contributed by atoms with E-state index in [1.165, 1.54) is 0 Å². The smallest absolute Gasteiger partial charge is 0.0953 e. The van der Waals surface area contributed by atoms with Crippen LogP contribution in [0.2, 0.25) is 0 Å². The summed E-state index contributed by atoms with van der Waals surface area (Å²) in [5.74, 6) is 2.58. The lowest BCUT2D eigenvalue weighted by Gasteiger charge is -1.88. The van der Waals surface area contributed by atoms with Crippen molar-refractivity contribution in [3.8, 4) is 11.3 Å². The van der Waals surface area contributed by atoms with E-state index in [0.717, 1.165) is 6.42 Å². The van der Waals surface area contributed by atoms with Crippen molar-refractivity contribution in [1.29, 1.82) is 0 Å². The number of alkyl halides is 1. The standard InChI is InChI=1S/C5H6Cl2/c1-2-5(7)3-4-6/h5H,2H2,1H3. The molecule has 0 saturated heterocycles. The number of hydrogen-bond donors (Lipinski definition) is 0. The Morgan fingerprint density at radius 1 is 1.71 bits per heavy atom. The molecule has 0 rings (SSSR count). The first-order chi connectivity index (χ1) is 3.31. The van der Waals surface area contributed by atoms with Crippen molar-refractivity contribution < 1.29 is 0 Å². The number of halogens is 2. The molecule has 0 nitrogen and oxygen atoms in total. The predicted octanol–water partition coefficient (Wildman–Crippen LogP) is 2.20. The molecule has 0 aromatic carbocycles. The lowest BCUT2D eigenvalue weighted by atomic mass is 10.3. The van der Waals surface area contributed by atoms with E-state index in [0.29, 0.717) is 0 Å². The van der Waals surface area contributed by atoms with Crippen LogP contribution in [-0.2, 0) is 0 Å². The monoisotopic (exact) mass is 136 g/mol. The molecule has 0 bridgehead atoms.